The highest BCUT2D eigenvalue weighted by atomic mass is 15.5. The summed E-state index contributed by atoms with van der Waals surface area (Å²) in [6.45, 7) is 0.656. The summed E-state index contributed by atoms with van der Waals surface area (Å²) in [5.41, 5.74) is 5.03. The van der Waals surface area contributed by atoms with Crippen LogP contribution in [-0.2, 0) is 6.54 Å². The van der Waals surface area contributed by atoms with Gasteiger partial charge >= 0.3 is 0 Å². The summed E-state index contributed by atoms with van der Waals surface area (Å²) in [5, 5.41) is 18.6. The van der Waals surface area contributed by atoms with Gasteiger partial charge in [0.1, 0.15) is 11.5 Å². The van der Waals surface area contributed by atoms with Gasteiger partial charge in [0.05, 0.1) is 0 Å². The normalized spacial score (nSPS) is 11.0. The Hall–Kier alpha value is -4.07. The number of H-pyrrole nitrogens is 2. The summed E-state index contributed by atoms with van der Waals surface area (Å²) in [6, 6.07) is 16.1. The Morgan fingerprint density at radius 3 is 2.68 bits per heavy atom. The minimum Gasteiger partial charge on any atom is -0.366 e. The Labute approximate surface area is 160 Å². The maximum absolute atomic E-state index is 4.68. The van der Waals surface area contributed by atoms with Crippen LogP contribution in [-0.4, -0.2) is 35.6 Å². The summed E-state index contributed by atoms with van der Waals surface area (Å²) >= 11 is 0. The molecule has 0 unspecified atom stereocenters. The Bertz CT molecular complexity index is 1190. The number of anilines is 1. The lowest BCUT2D eigenvalue weighted by atomic mass is 10.0. The minimum absolute atomic E-state index is 0.576. The molecule has 5 aromatic rings. The number of nitrogens with zero attached hydrogens (tertiary/aromatic N) is 5. The van der Waals surface area contributed by atoms with Gasteiger partial charge in [-0.2, -0.15) is 5.21 Å². The second-order valence-electron chi connectivity index (χ2n) is 6.32. The van der Waals surface area contributed by atoms with Gasteiger partial charge in [-0.25, -0.2) is 4.98 Å². The highest BCUT2D eigenvalue weighted by Gasteiger charge is 2.10. The zero-order chi connectivity index (χ0) is 18.8. The maximum Gasteiger partial charge on any atom is 0.204 e. The molecule has 0 amide bonds. The largest absolute Gasteiger partial charge is 0.366 e. The van der Waals surface area contributed by atoms with Gasteiger partial charge in [-0.05, 0) is 40.1 Å². The van der Waals surface area contributed by atoms with Crippen molar-refractivity contribution in [3.05, 3.63) is 72.7 Å². The average Bonchev–Trinajstić information content (AvgIpc) is 3.45. The van der Waals surface area contributed by atoms with E-state index < -0.39 is 0 Å². The second kappa shape index (κ2) is 6.92. The molecule has 3 N–H and O–H groups in total. The van der Waals surface area contributed by atoms with E-state index in [1.165, 1.54) is 0 Å². The number of hydrogen-bond donors (Lipinski definition) is 3. The Balaban J connectivity index is 1.49. The van der Waals surface area contributed by atoms with Gasteiger partial charge in [-0.1, -0.05) is 30.3 Å². The van der Waals surface area contributed by atoms with Gasteiger partial charge in [-0.15, -0.1) is 10.2 Å². The molecular weight excluding hydrogens is 352 g/mol. The third-order valence-corrected chi connectivity index (χ3v) is 4.52. The molecule has 0 radical (unpaired) electrons. The predicted octanol–water partition coefficient (Wildman–Crippen LogP) is 3.42. The van der Waals surface area contributed by atoms with Crippen molar-refractivity contribution in [2.24, 2.45) is 0 Å². The van der Waals surface area contributed by atoms with E-state index in [1.54, 1.807) is 6.20 Å². The van der Waals surface area contributed by atoms with Crippen LogP contribution in [0, 0.1) is 0 Å². The number of benzene rings is 1. The highest BCUT2D eigenvalue weighted by molar-refractivity contribution is 5.95. The molecule has 4 aromatic heterocycles. The number of hydrogen-bond acceptors (Lipinski definition) is 6. The van der Waals surface area contributed by atoms with Gasteiger partial charge in [0.2, 0.25) is 5.82 Å². The summed E-state index contributed by atoms with van der Waals surface area (Å²) in [5.74, 6) is 1.38. The van der Waals surface area contributed by atoms with Crippen molar-refractivity contribution in [3.63, 3.8) is 0 Å². The van der Waals surface area contributed by atoms with Crippen molar-refractivity contribution < 1.29 is 0 Å². The quantitative estimate of drug-likeness (QED) is 0.439. The smallest absolute Gasteiger partial charge is 0.204 e. The molecule has 0 saturated heterocycles. The maximum atomic E-state index is 4.68. The number of tetrazole rings is 1. The highest BCUT2D eigenvalue weighted by Crippen LogP contribution is 2.31. The Morgan fingerprint density at radius 2 is 1.89 bits per heavy atom. The van der Waals surface area contributed by atoms with Crippen molar-refractivity contribution in [1.29, 1.82) is 0 Å². The van der Waals surface area contributed by atoms with Gasteiger partial charge in [0.15, 0.2) is 0 Å². The first kappa shape index (κ1) is 16.1. The molecule has 8 nitrogen and oxygen atoms in total. The standard InChI is InChI=1S/C20H16N8/c1-2-13(11-21-8-1)12-23-18-10-17(16-7-9-22-20(16)24-18)14-3-5-15(6-4-14)19-25-27-28-26-19/h1-11H,12H2,(H2,22,23,24)(H,25,26,27,28). The third kappa shape index (κ3) is 3.07. The number of aromatic nitrogens is 7. The van der Waals surface area contributed by atoms with Crippen LogP contribution >= 0.6 is 0 Å². The van der Waals surface area contributed by atoms with Crippen molar-refractivity contribution in [3.8, 4) is 22.5 Å². The topological polar surface area (TPSA) is 108 Å². The van der Waals surface area contributed by atoms with Crippen LogP contribution in [0.2, 0.25) is 0 Å². The van der Waals surface area contributed by atoms with Gasteiger partial charge < -0.3 is 10.3 Å². The molecule has 0 atom stereocenters. The fourth-order valence-corrected chi connectivity index (χ4v) is 3.15. The number of pyridine rings is 2. The molecule has 28 heavy (non-hydrogen) atoms. The van der Waals surface area contributed by atoms with E-state index >= 15 is 0 Å². The molecule has 5 rings (SSSR count). The number of aromatic amines is 2. The van der Waals surface area contributed by atoms with Crippen LogP contribution in [0.4, 0.5) is 5.82 Å². The van der Waals surface area contributed by atoms with E-state index in [-0.39, 0.29) is 0 Å². The second-order valence-corrected chi connectivity index (χ2v) is 6.32. The number of rotatable bonds is 5. The monoisotopic (exact) mass is 368 g/mol. The Morgan fingerprint density at radius 1 is 1.00 bits per heavy atom. The van der Waals surface area contributed by atoms with Crippen molar-refractivity contribution >= 4 is 16.9 Å². The summed E-state index contributed by atoms with van der Waals surface area (Å²) in [6.07, 6.45) is 5.51. The Kier molecular flexibility index (Phi) is 3.98. The molecule has 0 saturated carbocycles. The van der Waals surface area contributed by atoms with Crippen LogP contribution in [0.1, 0.15) is 5.56 Å². The average molecular weight is 368 g/mol. The van der Waals surface area contributed by atoms with E-state index in [2.05, 4.69) is 59.1 Å². The van der Waals surface area contributed by atoms with Gasteiger partial charge in [-0.3, -0.25) is 4.98 Å². The van der Waals surface area contributed by atoms with Gasteiger partial charge in [0.25, 0.3) is 0 Å². The molecule has 0 aliphatic heterocycles. The predicted molar refractivity (Wildman–Crippen MR) is 106 cm³/mol. The number of fused-ring (bicyclic) bond motifs is 1. The lowest BCUT2D eigenvalue weighted by molar-refractivity contribution is 0.881. The summed E-state index contributed by atoms with van der Waals surface area (Å²) in [7, 11) is 0. The first-order valence-electron chi connectivity index (χ1n) is 8.82. The zero-order valence-corrected chi connectivity index (χ0v) is 14.8. The molecule has 1 aromatic carbocycles. The fraction of sp³-hybridized carbons (Fsp3) is 0.0500. The molecule has 4 heterocycles. The molecule has 0 spiro atoms. The lowest BCUT2D eigenvalue weighted by Gasteiger charge is -2.10. The van der Waals surface area contributed by atoms with Gasteiger partial charge in [0, 0.05) is 36.1 Å². The van der Waals surface area contributed by atoms with Crippen LogP contribution in [0.15, 0.2) is 67.1 Å². The van der Waals surface area contributed by atoms with E-state index in [4.69, 9.17) is 0 Å². The van der Waals surface area contributed by atoms with Crippen LogP contribution in [0.5, 0.6) is 0 Å². The SMILES string of the molecule is c1cncc(CNc2cc(-c3ccc(-c4nn[nH]n4)cc3)c3cc[nH]c3n2)c1. The van der Waals surface area contributed by atoms with E-state index in [0.717, 1.165) is 39.1 Å². The molecule has 136 valence electrons. The zero-order valence-electron chi connectivity index (χ0n) is 14.8. The summed E-state index contributed by atoms with van der Waals surface area (Å²) in [4.78, 5) is 12.0. The van der Waals surface area contributed by atoms with Crippen LogP contribution in [0.25, 0.3) is 33.5 Å². The van der Waals surface area contributed by atoms with Crippen molar-refractivity contribution in [2.75, 3.05) is 5.32 Å². The van der Waals surface area contributed by atoms with Crippen LogP contribution < -0.4 is 5.32 Å². The lowest BCUT2D eigenvalue weighted by Crippen LogP contribution is -2.02. The molecule has 8 heteroatoms. The fourth-order valence-electron chi connectivity index (χ4n) is 3.15. The molecule has 0 aliphatic carbocycles. The molecule has 0 fully saturated rings. The first-order chi connectivity index (χ1) is 13.9. The summed E-state index contributed by atoms with van der Waals surface area (Å²) < 4.78 is 0. The first-order valence-corrected chi connectivity index (χ1v) is 8.82. The van der Waals surface area contributed by atoms with Crippen molar-refractivity contribution in [2.45, 2.75) is 6.54 Å². The molecule has 0 bridgehead atoms. The minimum atomic E-state index is 0.576. The van der Waals surface area contributed by atoms with E-state index in [9.17, 15) is 0 Å². The van der Waals surface area contributed by atoms with E-state index in [1.807, 2.05) is 42.7 Å². The van der Waals surface area contributed by atoms with Crippen molar-refractivity contribution in [1.82, 2.24) is 35.6 Å². The molecular formula is C20H16N8. The van der Waals surface area contributed by atoms with E-state index in [0.29, 0.717) is 12.4 Å². The van der Waals surface area contributed by atoms with Crippen LogP contribution in [0.3, 0.4) is 0 Å². The molecule has 0 aliphatic rings. The third-order valence-electron chi connectivity index (χ3n) is 4.52. The number of nitrogens with one attached hydrogen (secondary N) is 3.